The standard InChI is InChI=1S/C18H22N2O4S.ClH/c1-23-15-4-6-16(7-5-15)24-17-8-10-18(11-9-17)25(21,22)20-12-2-3-14(20)13-19;/h4-11,14H,2-3,12-13,19H2,1H3;1H. The number of sulfonamides is 1. The maximum atomic E-state index is 12.8. The van der Waals surface area contributed by atoms with Gasteiger partial charge in [-0.1, -0.05) is 0 Å². The molecular weight excluding hydrogens is 376 g/mol. The lowest BCUT2D eigenvalue weighted by Crippen LogP contribution is -2.39. The molecular formula is C18H23ClN2O4S. The summed E-state index contributed by atoms with van der Waals surface area (Å²) >= 11 is 0. The third kappa shape index (κ3) is 4.29. The number of nitrogens with zero attached hydrogens (tertiary/aromatic N) is 1. The van der Waals surface area contributed by atoms with E-state index in [1.807, 2.05) is 0 Å². The highest BCUT2D eigenvalue weighted by atomic mass is 35.5. The number of nitrogens with two attached hydrogens (primary N) is 1. The summed E-state index contributed by atoms with van der Waals surface area (Å²) in [6.45, 7) is 0.867. The Balaban J connectivity index is 0.00000243. The van der Waals surface area contributed by atoms with E-state index in [4.69, 9.17) is 15.2 Å². The van der Waals surface area contributed by atoms with E-state index in [-0.39, 0.29) is 23.3 Å². The highest BCUT2D eigenvalue weighted by molar-refractivity contribution is 7.89. The summed E-state index contributed by atoms with van der Waals surface area (Å²) in [5, 5.41) is 0. The lowest BCUT2D eigenvalue weighted by Gasteiger charge is -2.22. The fraction of sp³-hybridized carbons (Fsp3) is 0.333. The van der Waals surface area contributed by atoms with Crippen LogP contribution in [0.3, 0.4) is 0 Å². The molecule has 2 aromatic rings. The lowest BCUT2D eigenvalue weighted by atomic mass is 10.2. The maximum Gasteiger partial charge on any atom is 0.243 e. The third-order valence-electron chi connectivity index (χ3n) is 4.32. The normalized spacial score (nSPS) is 17.5. The molecule has 26 heavy (non-hydrogen) atoms. The van der Waals surface area contributed by atoms with Gasteiger partial charge in [0.15, 0.2) is 0 Å². The number of methoxy groups -OCH3 is 1. The molecule has 8 heteroatoms. The van der Waals surface area contributed by atoms with Gasteiger partial charge in [0, 0.05) is 19.1 Å². The van der Waals surface area contributed by atoms with Gasteiger partial charge in [-0.25, -0.2) is 8.42 Å². The van der Waals surface area contributed by atoms with Crippen molar-refractivity contribution in [3.63, 3.8) is 0 Å². The minimum Gasteiger partial charge on any atom is -0.497 e. The first-order valence-corrected chi connectivity index (χ1v) is 9.62. The maximum absolute atomic E-state index is 12.8. The topological polar surface area (TPSA) is 81.9 Å². The molecule has 1 saturated heterocycles. The monoisotopic (exact) mass is 398 g/mol. The Morgan fingerprint density at radius 2 is 1.58 bits per heavy atom. The molecule has 0 radical (unpaired) electrons. The fourth-order valence-electron chi connectivity index (χ4n) is 2.96. The van der Waals surface area contributed by atoms with Gasteiger partial charge in [-0.15, -0.1) is 12.4 Å². The zero-order valence-corrected chi connectivity index (χ0v) is 16.1. The van der Waals surface area contributed by atoms with E-state index in [2.05, 4.69) is 0 Å². The Kier molecular flexibility index (Phi) is 6.88. The Bertz CT molecular complexity index is 810. The van der Waals surface area contributed by atoms with E-state index in [0.717, 1.165) is 18.6 Å². The van der Waals surface area contributed by atoms with Gasteiger partial charge in [-0.2, -0.15) is 4.31 Å². The Morgan fingerprint density at radius 3 is 2.12 bits per heavy atom. The van der Waals surface area contributed by atoms with Gasteiger partial charge < -0.3 is 15.2 Å². The Hall–Kier alpha value is -1.80. The van der Waals surface area contributed by atoms with Gasteiger partial charge in [0.05, 0.1) is 12.0 Å². The summed E-state index contributed by atoms with van der Waals surface area (Å²) in [4.78, 5) is 0.259. The quantitative estimate of drug-likeness (QED) is 0.808. The first-order chi connectivity index (χ1) is 12.0. The van der Waals surface area contributed by atoms with E-state index in [1.165, 1.54) is 4.31 Å². The van der Waals surface area contributed by atoms with Gasteiger partial charge in [-0.3, -0.25) is 0 Å². The summed E-state index contributed by atoms with van der Waals surface area (Å²) in [6.07, 6.45) is 1.66. The smallest absolute Gasteiger partial charge is 0.243 e. The minimum absolute atomic E-state index is 0. The average molecular weight is 399 g/mol. The summed E-state index contributed by atoms with van der Waals surface area (Å²) in [5.41, 5.74) is 5.69. The van der Waals surface area contributed by atoms with Crippen LogP contribution in [0.25, 0.3) is 0 Å². The van der Waals surface area contributed by atoms with Gasteiger partial charge in [0.2, 0.25) is 10.0 Å². The highest BCUT2D eigenvalue weighted by Crippen LogP contribution is 2.28. The van der Waals surface area contributed by atoms with Crippen LogP contribution in [0.4, 0.5) is 0 Å². The second-order valence-corrected chi connectivity index (χ2v) is 7.79. The van der Waals surface area contributed by atoms with Crippen LogP contribution in [0.2, 0.25) is 0 Å². The Morgan fingerprint density at radius 1 is 1.04 bits per heavy atom. The van der Waals surface area contributed by atoms with E-state index >= 15 is 0 Å². The molecule has 1 fully saturated rings. The molecule has 1 heterocycles. The number of halogens is 1. The third-order valence-corrected chi connectivity index (χ3v) is 6.29. The molecule has 6 nitrogen and oxygen atoms in total. The van der Waals surface area contributed by atoms with Crippen molar-refractivity contribution >= 4 is 22.4 Å². The zero-order valence-electron chi connectivity index (χ0n) is 14.5. The molecule has 1 aliphatic rings. The fourth-order valence-corrected chi connectivity index (χ4v) is 4.66. The van der Waals surface area contributed by atoms with E-state index < -0.39 is 10.0 Å². The first-order valence-electron chi connectivity index (χ1n) is 8.18. The molecule has 1 unspecified atom stereocenters. The van der Waals surface area contributed by atoms with Crippen LogP contribution >= 0.6 is 12.4 Å². The van der Waals surface area contributed by atoms with Crippen LogP contribution in [0.15, 0.2) is 53.4 Å². The highest BCUT2D eigenvalue weighted by Gasteiger charge is 2.34. The summed E-state index contributed by atoms with van der Waals surface area (Å²) < 4.78 is 37.9. The van der Waals surface area contributed by atoms with E-state index in [0.29, 0.717) is 24.6 Å². The molecule has 0 saturated carbocycles. The second kappa shape index (κ2) is 8.73. The van der Waals surface area contributed by atoms with Crippen LogP contribution in [-0.2, 0) is 10.0 Å². The molecule has 0 spiro atoms. The summed E-state index contributed by atoms with van der Waals surface area (Å²) in [5.74, 6) is 1.97. The number of rotatable bonds is 6. The second-order valence-electron chi connectivity index (χ2n) is 5.90. The van der Waals surface area contributed by atoms with E-state index in [1.54, 1.807) is 55.6 Å². The van der Waals surface area contributed by atoms with Crippen LogP contribution < -0.4 is 15.2 Å². The van der Waals surface area contributed by atoms with Crippen molar-refractivity contribution in [2.45, 2.75) is 23.8 Å². The molecule has 2 aromatic carbocycles. The molecule has 1 aliphatic heterocycles. The van der Waals surface area contributed by atoms with Crippen molar-refractivity contribution in [1.82, 2.24) is 4.31 Å². The van der Waals surface area contributed by atoms with Crippen molar-refractivity contribution in [3.8, 4) is 17.2 Å². The van der Waals surface area contributed by atoms with Crippen molar-refractivity contribution < 1.29 is 17.9 Å². The minimum atomic E-state index is -3.52. The van der Waals surface area contributed by atoms with Gasteiger partial charge in [0.1, 0.15) is 17.2 Å². The van der Waals surface area contributed by atoms with E-state index in [9.17, 15) is 8.42 Å². The van der Waals surface area contributed by atoms with Gasteiger partial charge in [0.25, 0.3) is 0 Å². The van der Waals surface area contributed by atoms with Crippen molar-refractivity contribution in [2.24, 2.45) is 5.73 Å². The molecule has 2 N–H and O–H groups in total. The molecule has 0 amide bonds. The largest absolute Gasteiger partial charge is 0.497 e. The molecule has 0 bridgehead atoms. The average Bonchev–Trinajstić information content (AvgIpc) is 3.12. The Labute approximate surface area is 160 Å². The van der Waals surface area contributed by atoms with Gasteiger partial charge in [-0.05, 0) is 61.4 Å². The number of hydrogen-bond donors (Lipinski definition) is 1. The molecule has 142 valence electrons. The summed E-state index contributed by atoms with van der Waals surface area (Å²) in [7, 11) is -1.92. The predicted molar refractivity (Wildman–Crippen MR) is 103 cm³/mol. The zero-order chi connectivity index (χ0) is 17.9. The lowest BCUT2D eigenvalue weighted by molar-refractivity contribution is 0.393. The molecule has 1 atom stereocenters. The molecule has 3 rings (SSSR count). The van der Waals surface area contributed by atoms with Crippen LogP contribution in [-0.4, -0.2) is 39.0 Å². The van der Waals surface area contributed by atoms with Gasteiger partial charge >= 0.3 is 0 Å². The molecule has 0 aliphatic carbocycles. The summed E-state index contributed by atoms with van der Waals surface area (Å²) in [6, 6.07) is 13.5. The number of benzene rings is 2. The van der Waals surface area contributed by atoms with Crippen LogP contribution in [0.1, 0.15) is 12.8 Å². The molecule has 0 aromatic heterocycles. The van der Waals surface area contributed by atoms with Crippen LogP contribution in [0.5, 0.6) is 17.2 Å². The SMILES string of the molecule is COc1ccc(Oc2ccc(S(=O)(=O)N3CCCC3CN)cc2)cc1.Cl. The number of ether oxygens (including phenoxy) is 2. The van der Waals surface area contributed by atoms with Crippen molar-refractivity contribution in [2.75, 3.05) is 20.2 Å². The first kappa shape index (κ1) is 20.5. The number of hydrogen-bond acceptors (Lipinski definition) is 5. The van der Waals surface area contributed by atoms with Crippen molar-refractivity contribution in [1.29, 1.82) is 0 Å². The van der Waals surface area contributed by atoms with Crippen LogP contribution in [0, 0.1) is 0 Å². The predicted octanol–water partition coefficient (Wildman–Crippen LogP) is 3.02. The van der Waals surface area contributed by atoms with Crippen molar-refractivity contribution in [3.05, 3.63) is 48.5 Å².